The van der Waals surface area contributed by atoms with Crippen molar-refractivity contribution < 1.29 is 22.7 Å². The fourth-order valence-corrected chi connectivity index (χ4v) is 4.80. The molecule has 1 fully saturated rings. The largest absolute Gasteiger partial charge is 0.422 e. The molecule has 0 spiro atoms. The summed E-state index contributed by atoms with van der Waals surface area (Å²) in [5.41, 5.74) is -0.572. The lowest BCUT2D eigenvalue weighted by Crippen LogP contribution is -2.44. The summed E-state index contributed by atoms with van der Waals surface area (Å²) in [6.45, 7) is 3.30. The first-order valence-electron chi connectivity index (χ1n) is 10.4. The average molecular weight is 508 g/mol. The Morgan fingerprint density at radius 2 is 1.91 bits per heavy atom. The van der Waals surface area contributed by atoms with Crippen LogP contribution in [0.25, 0.3) is 21.2 Å². The highest BCUT2D eigenvalue weighted by atomic mass is 35.5. The maximum Gasteiger partial charge on any atom is 0.349 e. The van der Waals surface area contributed by atoms with E-state index in [2.05, 4.69) is 9.88 Å². The first-order chi connectivity index (χ1) is 16.0. The van der Waals surface area contributed by atoms with E-state index in [-0.39, 0.29) is 39.9 Å². The van der Waals surface area contributed by atoms with Gasteiger partial charge in [0.2, 0.25) is 0 Å². The molecule has 0 unspecified atom stereocenters. The number of rotatable bonds is 5. The van der Waals surface area contributed by atoms with Gasteiger partial charge in [-0.3, -0.25) is 14.6 Å². The molecule has 0 aliphatic carbocycles. The van der Waals surface area contributed by atoms with Gasteiger partial charge < -0.3 is 9.15 Å². The second-order valence-corrected chi connectivity index (χ2v) is 8.64. The Hall–Kier alpha value is -2.92. The Bertz CT molecular complexity index is 1400. The zero-order chi connectivity index (χ0) is 22.9. The first-order valence-corrected chi connectivity index (χ1v) is 11.2. The molecule has 1 amide bonds. The van der Waals surface area contributed by atoms with Crippen molar-refractivity contribution in [2.24, 2.45) is 0 Å². The number of benzene rings is 2. The highest BCUT2D eigenvalue weighted by Crippen LogP contribution is 2.32. The van der Waals surface area contributed by atoms with Gasteiger partial charge in [0.05, 0.1) is 17.9 Å². The van der Waals surface area contributed by atoms with E-state index in [0.29, 0.717) is 43.8 Å². The molecule has 0 N–H and O–H groups in total. The van der Waals surface area contributed by atoms with Crippen LogP contribution in [0.2, 0.25) is 0 Å². The van der Waals surface area contributed by atoms with Gasteiger partial charge in [-0.25, -0.2) is 18.6 Å². The lowest BCUT2D eigenvalue weighted by molar-refractivity contribution is 0.0391. The van der Waals surface area contributed by atoms with Gasteiger partial charge >= 0.3 is 5.63 Å². The van der Waals surface area contributed by atoms with Gasteiger partial charge in [0, 0.05) is 37.6 Å². The zero-order valence-electron chi connectivity index (χ0n) is 17.8. The molecule has 0 bridgehead atoms. The minimum Gasteiger partial charge on any atom is -0.422 e. The van der Waals surface area contributed by atoms with Crippen LogP contribution in [0.5, 0.6) is 0 Å². The molecule has 3 heterocycles. The molecule has 178 valence electrons. The molecule has 4 aromatic rings. The molecule has 7 nitrogen and oxygen atoms in total. The molecular weight excluding hydrogens is 488 g/mol. The summed E-state index contributed by atoms with van der Waals surface area (Å²) in [7, 11) is 0. The fourth-order valence-electron chi connectivity index (χ4n) is 3.77. The van der Waals surface area contributed by atoms with Gasteiger partial charge in [0.1, 0.15) is 22.5 Å². The van der Waals surface area contributed by atoms with Crippen LogP contribution in [0, 0.1) is 11.6 Å². The van der Waals surface area contributed by atoms with Gasteiger partial charge in [-0.2, -0.15) is 0 Å². The SMILES string of the molecule is Cl.O=C(c1cc2ccccc2oc1=O)N(CCN1CCOCC1)c1nc2c(F)cc(F)cc2s1. The molecule has 34 heavy (non-hydrogen) atoms. The number of carbonyl (C=O) groups excluding carboxylic acids is 1. The summed E-state index contributed by atoms with van der Waals surface area (Å²) in [6, 6.07) is 10.3. The van der Waals surface area contributed by atoms with Gasteiger partial charge in [-0.05, 0) is 18.2 Å². The van der Waals surface area contributed by atoms with Crippen LogP contribution >= 0.6 is 23.7 Å². The number of carbonyl (C=O) groups is 1. The Morgan fingerprint density at radius 3 is 2.71 bits per heavy atom. The monoisotopic (exact) mass is 507 g/mol. The predicted octanol–water partition coefficient (Wildman–Crippen LogP) is 4.08. The number of hydrogen-bond donors (Lipinski definition) is 0. The smallest absolute Gasteiger partial charge is 0.349 e. The van der Waals surface area contributed by atoms with Crippen LogP contribution in [0.3, 0.4) is 0 Å². The van der Waals surface area contributed by atoms with Gasteiger partial charge in [-0.15, -0.1) is 12.4 Å². The van der Waals surface area contributed by atoms with Crippen molar-refractivity contribution in [1.29, 1.82) is 0 Å². The molecule has 11 heteroatoms. The number of ether oxygens (including phenoxy) is 1. The Morgan fingerprint density at radius 1 is 1.15 bits per heavy atom. The highest BCUT2D eigenvalue weighted by molar-refractivity contribution is 7.22. The van der Waals surface area contributed by atoms with Gasteiger partial charge in [-0.1, -0.05) is 29.5 Å². The third-order valence-corrected chi connectivity index (χ3v) is 6.52. The lowest BCUT2D eigenvalue weighted by atomic mass is 10.1. The number of hydrogen-bond acceptors (Lipinski definition) is 7. The molecule has 0 radical (unpaired) electrons. The molecule has 1 aliphatic rings. The Kier molecular flexibility index (Phi) is 7.22. The minimum absolute atomic E-state index is 0. The van der Waals surface area contributed by atoms with E-state index in [1.807, 2.05) is 0 Å². The van der Waals surface area contributed by atoms with Crippen LogP contribution in [-0.4, -0.2) is 55.2 Å². The van der Waals surface area contributed by atoms with E-state index >= 15 is 0 Å². The Labute approximate surface area is 203 Å². The minimum atomic E-state index is -0.807. The highest BCUT2D eigenvalue weighted by Gasteiger charge is 2.26. The molecule has 1 saturated heterocycles. The molecule has 5 rings (SSSR count). The average Bonchev–Trinajstić information content (AvgIpc) is 3.23. The van der Waals surface area contributed by atoms with Crippen molar-refractivity contribution in [3.8, 4) is 0 Å². The number of anilines is 1. The van der Waals surface area contributed by atoms with Crippen molar-refractivity contribution in [3.05, 3.63) is 70.1 Å². The van der Waals surface area contributed by atoms with Gasteiger partial charge in [0.15, 0.2) is 10.9 Å². The van der Waals surface area contributed by atoms with Crippen LogP contribution < -0.4 is 10.5 Å². The summed E-state index contributed by atoms with van der Waals surface area (Å²) in [5, 5.41) is 0.784. The van der Waals surface area contributed by atoms with Gasteiger partial charge in [0.25, 0.3) is 5.91 Å². The van der Waals surface area contributed by atoms with Crippen molar-refractivity contribution in [3.63, 3.8) is 0 Å². The molecule has 2 aromatic heterocycles. The topological polar surface area (TPSA) is 75.9 Å². The molecule has 2 aromatic carbocycles. The van der Waals surface area contributed by atoms with Crippen LogP contribution in [-0.2, 0) is 4.74 Å². The normalized spacial score (nSPS) is 14.3. The number of morpholine rings is 1. The maximum absolute atomic E-state index is 14.3. The number of halogens is 3. The van der Waals surface area contributed by atoms with E-state index in [9.17, 15) is 18.4 Å². The number of nitrogens with zero attached hydrogens (tertiary/aromatic N) is 3. The third-order valence-electron chi connectivity index (χ3n) is 5.49. The molecular formula is C23H20ClF2N3O4S. The third kappa shape index (κ3) is 4.80. The summed E-state index contributed by atoms with van der Waals surface area (Å²) >= 11 is 0.991. The van der Waals surface area contributed by atoms with Crippen molar-refractivity contribution in [2.75, 3.05) is 44.3 Å². The molecule has 0 saturated carbocycles. The standard InChI is InChI=1S/C23H19F2N3O4S.ClH/c24-15-12-17(25)20-19(13-15)33-23(26-20)28(6-5-27-7-9-31-10-8-27)21(29)16-11-14-3-1-2-4-18(14)32-22(16)30;/h1-4,11-13H,5-10H2;1H. The quantitative estimate of drug-likeness (QED) is 0.379. The number of thiazole rings is 1. The van der Waals surface area contributed by atoms with Crippen LogP contribution in [0.15, 0.2) is 51.7 Å². The second-order valence-electron chi connectivity index (χ2n) is 7.63. The van der Waals surface area contributed by atoms with E-state index in [1.54, 1.807) is 24.3 Å². The molecule has 0 atom stereocenters. The number of para-hydroxylation sites is 1. The lowest BCUT2D eigenvalue weighted by Gasteiger charge is -2.29. The maximum atomic E-state index is 14.3. The van der Waals surface area contributed by atoms with E-state index in [1.165, 1.54) is 17.0 Å². The molecule has 1 aliphatic heterocycles. The van der Waals surface area contributed by atoms with Crippen molar-refractivity contribution in [1.82, 2.24) is 9.88 Å². The summed E-state index contributed by atoms with van der Waals surface area (Å²) < 4.78 is 39.0. The van der Waals surface area contributed by atoms with Crippen molar-refractivity contribution in [2.45, 2.75) is 0 Å². The zero-order valence-corrected chi connectivity index (χ0v) is 19.5. The second kappa shape index (κ2) is 10.1. The fraction of sp³-hybridized carbons (Fsp3) is 0.261. The predicted molar refractivity (Wildman–Crippen MR) is 128 cm³/mol. The number of fused-ring (bicyclic) bond motifs is 2. The number of amides is 1. The van der Waals surface area contributed by atoms with Crippen LogP contribution in [0.1, 0.15) is 10.4 Å². The van der Waals surface area contributed by atoms with E-state index < -0.39 is 23.2 Å². The Balaban J connectivity index is 0.00000274. The van der Waals surface area contributed by atoms with Crippen molar-refractivity contribution >= 4 is 56.0 Å². The summed E-state index contributed by atoms with van der Waals surface area (Å²) in [5.74, 6) is -2.14. The summed E-state index contributed by atoms with van der Waals surface area (Å²) in [6.07, 6.45) is 0. The van der Waals surface area contributed by atoms with E-state index in [4.69, 9.17) is 9.15 Å². The van der Waals surface area contributed by atoms with E-state index in [0.717, 1.165) is 17.4 Å². The summed E-state index contributed by atoms with van der Waals surface area (Å²) in [4.78, 5) is 33.9. The number of aromatic nitrogens is 1. The van der Waals surface area contributed by atoms with Crippen LogP contribution in [0.4, 0.5) is 13.9 Å². The first kappa shape index (κ1) is 24.2.